The number of rotatable bonds is 3. The smallest absolute Gasteiger partial charge is 0.273 e. The van der Waals surface area contributed by atoms with Gasteiger partial charge in [0, 0.05) is 12.0 Å². The summed E-state index contributed by atoms with van der Waals surface area (Å²) in [5.41, 5.74) is 0.531. The van der Waals surface area contributed by atoms with E-state index in [1.807, 2.05) is 0 Å². The molecule has 0 aromatic carbocycles. The second kappa shape index (κ2) is 4.36. The van der Waals surface area contributed by atoms with E-state index in [9.17, 15) is 4.79 Å². The molecule has 1 N–H and O–H groups in total. The number of amides is 1. The average Bonchev–Trinajstić information content (AvgIpc) is 2.86. The summed E-state index contributed by atoms with van der Waals surface area (Å²) in [4.78, 5) is 16.5. The van der Waals surface area contributed by atoms with Crippen LogP contribution >= 0.6 is 0 Å². The van der Waals surface area contributed by atoms with Crippen molar-refractivity contribution >= 4 is 5.91 Å². The normalized spacial score (nSPS) is 33.4. The Balaban J connectivity index is 1.47. The van der Waals surface area contributed by atoms with Crippen molar-refractivity contribution in [3.8, 4) is 0 Å². The Hall–Kier alpha value is -1.32. The number of carbonyl (C=O) groups excluding carboxylic acids is 1. The molecule has 1 heterocycles. The maximum Gasteiger partial charge on any atom is 0.273 e. The van der Waals surface area contributed by atoms with E-state index in [2.05, 4.69) is 10.3 Å². The lowest BCUT2D eigenvalue weighted by atomic mass is 9.97. The zero-order valence-corrected chi connectivity index (χ0v) is 11.1. The summed E-state index contributed by atoms with van der Waals surface area (Å²) in [5, 5.41) is 3.21. The highest BCUT2D eigenvalue weighted by atomic mass is 16.3. The van der Waals surface area contributed by atoms with Crippen molar-refractivity contribution in [2.75, 3.05) is 0 Å². The molecule has 1 aromatic heterocycles. The van der Waals surface area contributed by atoms with Crippen LogP contribution in [0.2, 0.25) is 0 Å². The molecule has 3 aliphatic rings. The third-order valence-electron chi connectivity index (χ3n) is 5.16. The van der Waals surface area contributed by atoms with Crippen LogP contribution in [-0.2, 0) is 0 Å². The molecule has 3 aliphatic carbocycles. The standard InChI is InChI=1S/C15H20N2O2/c18-15(13-14(10-4-5-10)19-8-16-13)17-12-7-6-9-2-1-3-11(9)12/h8-12H,1-7H2,(H,17,18)/t9-,11-,12-/m0/s1. The minimum absolute atomic E-state index is 0.0202. The third-order valence-corrected chi connectivity index (χ3v) is 5.16. The first kappa shape index (κ1) is 11.5. The Morgan fingerprint density at radius 3 is 2.95 bits per heavy atom. The number of nitrogens with one attached hydrogen (secondary N) is 1. The molecule has 3 saturated carbocycles. The van der Waals surface area contributed by atoms with Crippen molar-refractivity contribution in [3.63, 3.8) is 0 Å². The zero-order valence-electron chi connectivity index (χ0n) is 11.1. The topological polar surface area (TPSA) is 55.1 Å². The van der Waals surface area contributed by atoms with Gasteiger partial charge in [-0.1, -0.05) is 12.8 Å². The monoisotopic (exact) mass is 260 g/mol. The van der Waals surface area contributed by atoms with Gasteiger partial charge in [-0.25, -0.2) is 4.98 Å². The first-order valence-corrected chi connectivity index (χ1v) is 7.57. The molecule has 0 bridgehead atoms. The van der Waals surface area contributed by atoms with Gasteiger partial charge in [-0.2, -0.15) is 0 Å². The molecular formula is C15H20N2O2. The van der Waals surface area contributed by atoms with Gasteiger partial charge in [0.25, 0.3) is 5.91 Å². The highest BCUT2D eigenvalue weighted by molar-refractivity contribution is 5.93. The van der Waals surface area contributed by atoms with Crippen LogP contribution in [0, 0.1) is 11.8 Å². The number of hydrogen-bond acceptors (Lipinski definition) is 3. The summed E-state index contributed by atoms with van der Waals surface area (Å²) in [6.45, 7) is 0. The molecule has 1 amide bonds. The molecule has 19 heavy (non-hydrogen) atoms. The van der Waals surface area contributed by atoms with Crippen molar-refractivity contribution < 1.29 is 9.21 Å². The number of oxazole rings is 1. The van der Waals surface area contributed by atoms with Crippen molar-refractivity contribution in [3.05, 3.63) is 17.8 Å². The van der Waals surface area contributed by atoms with E-state index in [1.54, 1.807) is 0 Å². The van der Waals surface area contributed by atoms with E-state index in [-0.39, 0.29) is 5.91 Å². The van der Waals surface area contributed by atoms with Crippen LogP contribution in [0.3, 0.4) is 0 Å². The predicted octanol–water partition coefficient (Wildman–Crippen LogP) is 2.86. The number of hydrogen-bond donors (Lipinski definition) is 1. The second-order valence-electron chi connectivity index (χ2n) is 6.35. The van der Waals surface area contributed by atoms with Crippen LogP contribution in [0.1, 0.15) is 67.1 Å². The van der Waals surface area contributed by atoms with Crippen LogP contribution < -0.4 is 5.32 Å². The lowest BCUT2D eigenvalue weighted by molar-refractivity contribution is 0.0920. The fraction of sp³-hybridized carbons (Fsp3) is 0.733. The summed E-state index contributed by atoms with van der Waals surface area (Å²) >= 11 is 0. The van der Waals surface area contributed by atoms with Gasteiger partial charge in [0.1, 0.15) is 5.76 Å². The quantitative estimate of drug-likeness (QED) is 0.909. The van der Waals surface area contributed by atoms with E-state index in [0.717, 1.165) is 30.9 Å². The van der Waals surface area contributed by atoms with Crippen molar-refractivity contribution in [1.82, 2.24) is 10.3 Å². The molecule has 3 atom stereocenters. The van der Waals surface area contributed by atoms with Crippen LogP contribution in [0.4, 0.5) is 0 Å². The maximum atomic E-state index is 12.4. The fourth-order valence-electron chi connectivity index (χ4n) is 4.04. The summed E-state index contributed by atoms with van der Waals surface area (Å²) < 4.78 is 5.39. The Morgan fingerprint density at radius 2 is 2.11 bits per heavy atom. The number of aromatic nitrogens is 1. The number of fused-ring (bicyclic) bond motifs is 1. The first-order chi connectivity index (χ1) is 9.33. The van der Waals surface area contributed by atoms with Gasteiger partial charge in [-0.05, 0) is 43.9 Å². The molecule has 4 rings (SSSR count). The molecule has 3 fully saturated rings. The molecule has 1 aromatic rings. The highest BCUT2D eigenvalue weighted by Crippen LogP contribution is 2.44. The lowest BCUT2D eigenvalue weighted by Crippen LogP contribution is -2.38. The van der Waals surface area contributed by atoms with Gasteiger partial charge in [-0.15, -0.1) is 0 Å². The second-order valence-corrected chi connectivity index (χ2v) is 6.35. The molecule has 0 spiro atoms. The van der Waals surface area contributed by atoms with Gasteiger partial charge in [-0.3, -0.25) is 4.79 Å². The van der Waals surface area contributed by atoms with Crippen molar-refractivity contribution in [1.29, 1.82) is 0 Å². The van der Waals surface area contributed by atoms with Crippen molar-refractivity contribution in [2.45, 2.75) is 56.9 Å². The van der Waals surface area contributed by atoms with Crippen LogP contribution in [0.5, 0.6) is 0 Å². The van der Waals surface area contributed by atoms with Gasteiger partial charge < -0.3 is 9.73 Å². The van der Waals surface area contributed by atoms with Gasteiger partial charge in [0.05, 0.1) is 0 Å². The first-order valence-electron chi connectivity index (χ1n) is 7.57. The molecule has 102 valence electrons. The Morgan fingerprint density at radius 1 is 1.21 bits per heavy atom. The van der Waals surface area contributed by atoms with E-state index in [4.69, 9.17) is 4.42 Å². The molecule has 0 aliphatic heterocycles. The predicted molar refractivity (Wildman–Crippen MR) is 69.8 cm³/mol. The number of nitrogens with zero attached hydrogens (tertiary/aromatic N) is 1. The number of carbonyl (C=O) groups is 1. The fourth-order valence-corrected chi connectivity index (χ4v) is 4.04. The summed E-state index contributed by atoms with van der Waals surface area (Å²) in [6.07, 6.45) is 10.1. The maximum absolute atomic E-state index is 12.4. The highest BCUT2D eigenvalue weighted by Gasteiger charge is 2.40. The zero-order chi connectivity index (χ0) is 12.8. The minimum atomic E-state index is -0.0202. The van der Waals surface area contributed by atoms with E-state index < -0.39 is 0 Å². The minimum Gasteiger partial charge on any atom is -0.447 e. The third kappa shape index (κ3) is 1.97. The summed E-state index contributed by atoms with van der Waals surface area (Å²) in [6, 6.07) is 0.365. The lowest BCUT2D eigenvalue weighted by Gasteiger charge is -2.19. The Labute approximate surface area is 113 Å². The van der Waals surface area contributed by atoms with Gasteiger partial charge in [0.2, 0.25) is 0 Å². The van der Waals surface area contributed by atoms with E-state index in [0.29, 0.717) is 23.6 Å². The van der Waals surface area contributed by atoms with E-state index >= 15 is 0 Å². The summed E-state index contributed by atoms with van der Waals surface area (Å²) in [5.74, 6) is 2.78. The summed E-state index contributed by atoms with van der Waals surface area (Å²) in [7, 11) is 0. The average molecular weight is 260 g/mol. The van der Waals surface area contributed by atoms with Crippen LogP contribution in [-0.4, -0.2) is 16.9 Å². The van der Waals surface area contributed by atoms with E-state index in [1.165, 1.54) is 32.1 Å². The SMILES string of the molecule is O=C(N[C@H]1CC[C@@H]2CCC[C@@H]21)c1ncoc1C1CC1. The molecule has 4 heteroatoms. The molecule has 0 unspecified atom stereocenters. The van der Waals surface area contributed by atoms with Gasteiger partial charge >= 0.3 is 0 Å². The molecule has 0 radical (unpaired) electrons. The Bertz CT molecular complexity index is 492. The molecule has 4 nitrogen and oxygen atoms in total. The van der Waals surface area contributed by atoms with Gasteiger partial charge in [0.15, 0.2) is 12.1 Å². The molecule has 0 saturated heterocycles. The Kier molecular flexibility index (Phi) is 2.64. The largest absolute Gasteiger partial charge is 0.447 e. The van der Waals surface area contributed by atoms with Crippen LogP contribution in [0.15, 0.2) is 10.8 Å². The van der Waals surface area contributed by atoms with Crippen molar-refractivity contribution in [2.24, 2.45) is 11.8 Å². The van der Waals surface area contributed by atoms with Crippen LogP contribution in [0.25, 0.3) is 0 Å². The molecular weight excluding hydrogens is 240 g/mol.